The van der Waals surface area contributed by atoms with Crippen molar-refractivity contribution in [2.75, 3.05) is 20.8 Å². The summed E-state index contributed by atoms with van der Waals surface area (Å²) in [6, 6.07) is 8.73. The first kappa shape index (κ1) is 20.4. The number of rotatable bonds is 8. The van der Waals surface area contributed by atoms with Gasteiger partial charge in [0.2, 0.25) is 5.41 Å². The number of hydrogen-bond acceptors (Lipinski definition) is 7. The average molecular weight is 350 g/mol. The van der Waals surface area contributed by atoms with E-state index < -0.39 is 29.4 Å². The SMILES string of the molecule is COC(=O)C(Cc1ccccc1)(C(=O)OC)[C@@H](/C=C/CO)OC(C)=O. The lowest BCUT2D eigenvalue weighted by Gasteiger charge is -2.33. The fourth-order valence-electron chi connectivity index (χ4n) is 2.51. The maximum absolute atomic E-state index is 12.6. The molecule has 0 aliphatic rings. The standard InChI is InChI=1S/C18H22O7/c1-13(20)25-15(10-7-11-19)18(16(21)23-2,17(22)24-3)12-14-8-5-4-6-9-14/h4-10,15,19H,11-12H2,1-3H3/b10-7+/t15-/m1/s1. The molecule has 0 aromatic heterocycles. The Balaban J connectivity index is 3.53. The Morgan fingerprint density at radius 2 is 1.68 bits per heavy atom. The van der Waals surface area contributed by atoms with Crippen LogP contribution in [0, 0.1) is 5.41 Å². The molecule has 0 bridgehead atoms. The molecule has 25 heavy (non-hydrogen) atoms. The Hall–Kier alpha value is -2.67. The van der Waals surface area contributed by atoms with E-state index in [1.54, 1.807) is 30.3 Å². The van der Waals surface area contributed by atoms with Crippen LogP contribution in [0.4, 0.5) is 0 Å². The van der Waals surface area contributed by atoms with Gasteiger partial charge in [0.1, 0.15) is 6.10 Å². The number of benzene rings is 1. The van der Waals surface area contributed by atoms with Crippen LogP contribution in [0.15, 0.2) is 42.5 Å². The first-order valence-corrected chi connectivity index (χ1v) is 7.57. The van der Waals surface area contributed by atoms with Gasteiger partial charge in [-0.05, 0) is 11.6 Å². The highest BCUT2D eigenvalue weighted by molar-refractivity contribution is 6.01. The monoisotopic (exact) mass is 350 g/mol. The Labute approximate surface area is 146 Å². The number of aliphatic hydroxyl groups excluding tert-OH is 1. The van der Waals surface area contributed by atoms with E-state index in [2.05, 4.69) is 0 Å². The van der Waals surface area contributed by atoms with Gasteiger partial charge in [-0.15, -0.1) is 0 Å². The number of esters is 3. The molecule has 0 aliphatic carbocycles. The first-order valence-electron chi connectivity index (χ1n) is 7.57. The normalized spacial score (nSPS) is 12.5. The maximum atomic E-state index is 12.6. The molecule has 0 saturated heterocycles. The van der Waals surface area contributed by atoms with Gasteiger partial charge in [-0.2, -0.15) is 0 Å². The van der Waals surface area contributed by atoms with Crippen LogP contribution >= 0.6 is 0 Å². The van der Waals surface area contributed by atoms with Crippen LogP contribution in [0.1, 0.15) is 12.5 Å². The van der Waals surface area contributed by atoms with E-state index in [1.165, 1.54) is 12.2 Å². The van der Waals surface area contributed by atoms with Crippen LogP contribution in [0.2, 0.25) is 0 Å². The number of hydrogen-bond donors (Lipinski definition) is 1. The highest BCUT2D eigenvalue weighted by Crippen LogP contribution is 2.34. The molecule has 0 unspecified atom stereocenters. The largest absolute Gasteiger partial charge is 0.468 e. The van der Waals surface area contributed by atoms with Crippen LogP contribution in [-0.2, 0) is 35.0 Å². The van der Waals surface area contributed by atoms with Gasteiger partial charge >= 0.3 is 17.9 Å². The summed E-state index contributed by atoms with van der Waals surface area (Å²) in [5.41, 5.74) is -1.30. The molecule has 7 nitrogen and oxygen atoms in total. The maximum Gasteiger partial charge on any atom is 0.327 e. The van der Waals surface area contributed by atoms with Crippen LogP contribution in [0.25, 0.3) is 0 Å². The average Bonchev–Trinajstić information content (AvgIpc) is 2.62. The molecule has 1 aromatic carbocycles. The molecule has 1 rings (SSSR count). The molecule has 0 radical (unpaired) electrons. The zero-order valence-corrected chi connectivity index (χ0v) is 14.4. The summed E-state index contributed by atoms with van der Waals surface area (Å²) in [7, 11) is 2.26. The fraction of sp³-hybridized carbons (Fsp3) is 0.389. The van der Waals surface area contributed by atoms with Gasteiger partial charge in [-0.25, -0.2) is 0 Å². The molecule has 1 atom stereocenters. The third-order valence-corrected chi connectivity index (χ3v) is 3.62. The highest BCUT2D eigenvalue weighted by atomic mass is 16.6. The molecular weight excluding hydrogens is 328 g/mol. The Kier molecular flexibility index (Phi) is 7.81. The Bertz CT molecular complexity index is 606. The van der Waals surface area contributed by atoms with E-state index in [-0.39, 0.29) is 13.0 Å². The van der Waals surface area contributed by atoms with Crippen molar-refractivity contribution in [1.82, 2.24) is 0 Å². The van der Waals surface area contributed by atoms with E-state index in [0.717, 1.165) is 21.1 Å². The lowest BCUT2D eigenvalue weighted by atomic mass is 9.76. The fourth-order valence-corrected chi connectivity index (χ4v) is 2.51. The summed E-state index contributed by atoms with van der Waals surface area (Å²) < 4.78 is 14.8. The summed E-state index contributed by atoms with van der Waals surface area (Å²) in [5, 5.41) is 9.04. The van der Waals surface area contributed by atoms with E-state index in [0.29, 0.717) is 5.56 Å². The molecule has 0 amide bonds. The highest BCUT2D eigenvalue weighted by Gasteiger charge is 2.55. The minimum absolute atomic E-state index is 0.110. The number of aliphatic hydroxyl groups is 1. The number of carbonyl (C=O) groups is 3. The third-order valence-electron chi connectivity index (χ3n) is 3.62. The second-order valence-corrected chi connectivity index (χ2v) is 5.26. The van der Waals surface area contributed by atoms with Crippen molar-refractivity contribution in [3.63, 3.8) is 0 Å². The molecule has 136 valence electrons. The summed E-state index contributed by atoms with van der Waals surface area (Å²) in [6.07, 6.45) is 1.13. The van der Waals surface area contributed by atoms with E-state index in [9.17, 15) is 14.4 Å². The Morgan fingerprint density at radius 3 is 2.12 bits per heavy atom. The predicted molar refractivity (Wildman–Crippen MR) is 88.4 cm³/mol. The van der Waals surface area contributed by atoms with Gasteiger partial charge in [0, 0.05) is 13.3 Å². The third kappa shape index (κ3) is 4.90. The van der Waals surface area contributed by atoms with Crippen LogP contribution in [0.5, 0.6) is 0 Å². The minimum atomic E-state index is -1.94. The zero-order valence-electron chi connectivity index (χ0n) is 14.4. The molecule has 1 N–H and O–H groups in total. The summed E-state index contributed by atoms with van der Waals surface area (Å²) in [6.45, 7) is 0.795. The first-order chi connectivity index (χ1) is 11.9. The van der Waals surface area contributed by atoms with Gasteiger partial charge in [0.25, 0.3) is 0 Å². The number of ether oxygens (including phenoxy) is 3. The van der Waals surface area contributed by atoms with Crippen molar-refractivity contribution in [3.05, 3.63) is 48.0 Å². The van der Waals surface area contributed by atoms with E-state index in [1.807, 2.05) is 0 Å². The molecular formula is C18H22O7. The molecule has 7 heteroatoms. The summed E-state index contributed by atoms with van der Waals surface area (Å²) >= 11 is 0. The van der Waals surface area contributed by atoms with Gasteiger partial charge < -0.3 is 19.3 Å². The summed E-state index contributed by atoms with van der Waals surface area (Å²) in [5.74, 6) is -2.51. The van der Waals surface area contributed by atoms with Crippen LogP contribution < -0.4 is 0 Å². The quantitative estimate of drug-likeness (QED) is 0.324. The molecule has 0 fully saturated rings. The van der Waals surface area contributed by atoms with Gasteiger partial charge in [-0.1, -0.05) is 36.4 Å². The van der Waals surface area contributed by atoms with Crippen molar-refractivity contribution in [2.24, 2.45) is 5.41 Å². The van der Waals surface area contributed by atoms with Crippen LogP contribution in [0.3, 0.4) is 0 Å². The van der Waals surface area contributed by atoms with Gasteiger partial charge in [0.15, 0.2) is 0 Å². The number of methoxy groups -OCH3 is 2. The van der Waals surface area contributed by atoms with Gasteiger partial charge in [-0.3, -0.25) is 14.4 Å². The predicted octanol–water partition coefficient (Wildman–Crippen LogP) is 1.04. The summed E-state index contributed by atoms with van der Waals surface area (Å²) in [4.78, 5) is 36.7. The number of carbonyl (C=O) groups excluding carboxylic acids is 3. The lowest BCUT2D eigenvalue weighted by Crippen LogP contribution is -2.52. The molecule has 0 aliphatic heterocycles. The van der Waals surface area contributed by atoms with Crippen molar-refractivity contribution < 1.29 is 33.7 Å². The van der Waals surface area contributed by atoms with E-state index in [4.69, 9.17) is 19.3 Å². The zero-order chi connectivity index (χ0) is 18.9. The Morgan fingerprint density at radius 1 is 1.12 bits per heavy atom. The lowest BCUT2D eigenvalue weighted by molar-refractivity contribution is -0.180. The second-order valence-electron chi connectivity index (χ2n) is 5.26. The second kappa shape index (κ2) is 9.58. The molecule has 1 aromatic rings. The molecule has 0 heterocycles. The molecule has 0 saturated carbocycles. The topological polar surface area (TPSA) is 99.1 Å². The molecule has 0 spiro atoms. The minimum Gasteiger partial charge on any atom is -0.468 e. The van der Waals surface area contributed by atoms with Crippen molar-refractivity contribution in [1.29, 1.82) is 0 Å². The van der Waals surface area contributed by atoms with Crippen LogP contribution in [-0.4, -0.2) is 49.9 Å². The van der Waals surface area contributed by atoms with Crippen molar-refractivity contribution in [2.45, 2.75) is 19.4 Å². The smallest absolute Gasteiger partial charge is 0.327 e. The van der Waals surface area contributed by atoms with Gasteiger partial charge in [0.05, 0.1) is 20.8 Å². The van der Waals surface area contributed by atoms with Crippen molar-refractivity contribution in [3.8, 4) is 0 Å². The van der Waals surface area contributed by atoms with Crippen molar-refractivity contribution >= 4 is 17.9 Å². The van der Waals surface area contributed by atoms with E-state index >= 15 is 0 Å².